The van der Waals surface area contributed by atoms with E-state index in [2.05, 4.69) is 25.6 Å². The van der Waals surface area contributed by atoms with E-state index in [-0.39, 0.29) is 17.9 Å². The number of rotatable bonds is 8. The molecule has 3 rings (SSSR count). The largest absolute Gasteiger partial charge is 0.480 e. The minimum absolute atomic E-state index is 0.0370. The van der Waals surface area contributed by atoms with E-state index in [9.17, 15) is 23.1 Å². The van der Waals surface area contributed by atoms with Crippen LogP contribution in [-0.2, 0) is 32.6 Å². The number of nitrogens with two attached hydrogens (primary N) is 1. The van der Waals surface area contributed by atoms with Crippen LogP contribution in [0.1, 0.15) is 5.69 Å². The van der Waals surface area contributed by atoms with Crippen molar-refractivity contribution in [1.82, 2.24) is 30.3 Å². The molecule has 2 aromatic heterocycles. The fourth-order valence-electron chi connectivity index (χ4n) is 2.53. The monoisotopic (exact) mass is 419 g/mol. The Bertz CT molecular complexity index is 1110. The van der Waals surface area contributed by atoms with Gasteiger partial charge < -0.3 is 15.4 Å². The van der Waals surface area contributed by atoms with Crippen molar-refractivity contribution in [2.75, 3.05) is 0 Å². The number of carbonyl (C=O) groups excluding carboxylic acids is 1. The Morgan fingerprint density at radius 3 is 2.59 bits per heavy atom. The highest BCUT2D eigenvalue weighted by Crippen LogP contribution is 2.18. The molecule has 0 saturated heterocycles. The zero-order chi connectivity index (χ0) is 21.0. The van der Waals surface area contributed by atoms with Crippen LogP contribution in [0.15, 0.2) is 47.9 Å². The first-order valence-corrected chi connectivity index (χ1v) is 9.80. The number of carboxylic acids is 1. The molecule has 12 nitrogen and oxygen atoms in total. The average Bonchev–Trinajstić information content (AvgIpc) is 3.32. The van der Waals surface area contributed by atoms with Crippen LogP contribution in [0.3, 0.4) is 0 Å². The number of nitrogens with one attached hydrogen (secondary N) is 2. The number of imidazole rings is 1. The number of nitrogens with zero attached hydrogens (tertiary/aromatic N) is 4. The second-order valence-corrected chi connectivity index (χ2v) is 7.67. The number of carboxylic acid groups (broad SMARTS) is 1. The molecule has 0 aliphatic heterocycles. The van der Waals surface area contributed by atoms with Crippen molar-refractivity contribution in [3.63, 3.8) is 0 Å². The number of aliphatic carboxylic acids is 1. The Kier molecular flexibility index (Phi) is 5.70. The van der Waals surface area contributed by atoms with Crippen LogP contribution >= 0.6 is 0 Å². The van der Waals surface area contributed by atoms with Crippen LogP contribution in [-0.4, -0.2) is 56.4 Å². The maximum Gasteiger partial charge on any atom is 0.326 e. The Balaban J connectivity index is 1.64. The number of aromatic nitrogens is 5. The van der Waals surface area contributed by atoms with Crippen LogP contribution < -0.4 is 10.5 Å². The molecule has 5 N–H and O–H groups in total. The van der Waals surface area contributed by atoms with Gasteiger partial charge in [0.15, 0.2) is 0 Å². The van der Waals surface area contributed by atoms with Crippen molar-refractivity contribution in [2.24, 2.45) is 5.14 Å². The van der Waals surface area contributed by atoms with Crippen LogP contribution in [0, 0.1) is 0 Å². The van der Waals surface area contributed by atoms with Gasteiger partial charge in [-0.05, 0) is 12.1 Å². The van der Waals surface area contributed by atoms with Gasteiger partial charge in [-0.3, -0.25) is 4.79 Å². The van der Waals surface area contributed by atoms with Gasteiger partial charge in [0.25, 0.3) is 0 Å². The molecule has 1 aromatic carbocycles. The molecule has 0 spiro atoms. The van der Waals surface area contributed by atoms with Gasteiger partial charge in [-0.15, -0.1) is 5.10 Å². The van der Waals surface area contributed by atoms with Crippen molar-refractivity contribution < 1.29 is 23.1 Å². The normalized spacial score (nSPS) is 12.4. The van der Waals surface area contributed by atoms with Gasteiger partial charge in [-0.25, -0.2) is 28.0 Å². The number of amides is 1. The van der Waals surface area contributed by atoms with E-state index in [4.69, 9.17) is 5.14 Å². The summed E-state index contributed by atoms with van der Waals surface area (Å²) >= 11 is 0. The van der Waals surface area contributed by atoms with Gasteiger partial charge in [0, 0.05) is 23.9 Å². The third-order valence-electron chi connectivity index (χ3n) is 3.94. The molecule has 3 aromatic rings. The van der Waals surface area contributed by atoms with E-state index < -0.39 is 27.9 Å². The van der Waals surface area contributed by atoms with Crippen molar-refractivity contribution in [1.29, 1.82) is 0 Å². The van der Waals surface area contributed by atoms with E-state index in [1.807, 2.05) is 0 Å². The highest BCUT2D eigenvalue weighted by Gasteiger charge is 2.21. The van der Waals surface area contributed by atoms with Crippen molar-refractivity contribution in [3.05, 3.63) is 48.7 Å². The van der Waals surface area contributed by atoms with Crippen LogP contribution in [0.4, 0.5) is 0 Å². The maximum atomic E-state index is 12.2. The lowest BCUT2D eigenvalue weighted by molar-refractivity contribution is -0.141. The molecular weight excluding hydrogens is 402 g/mol. The van der Waals surface area contributed by atoms with Gasteiger partial charge in [0.1, 0.15) is 18.3 Å². The molecule has 29 heavy (non-hydrogen) atoms. The standard InChI is InChI=1S/C16H17N7O5S/c17-29(27,28)12-3-1-10(2-4-12)14-7-23(22-21-14)8-15(24)20-13(16(25)26)5-11-6-18-9-19-11/h1-4,6-7,9,13H,5,8H2,(H,18,19)(H,20,24)(H,25,26)(H2,17,27,28). The Labute approximate surface area is 164 Å². The molecule has 0 radical (unpaired) electrons. The second kappa shape index (κ2) is 8.20. The first-order chi connectivity index (χ1) is 13.7. The number of hydrogen-bond donors (Lipinski definition) is 4. The van der Waals surface area contributed by atoms with Gasteiger partial charge >= 0.3 is 5.97 Å². The number of hydrogen-bond acceptors (Lipinski definition) is 7. The second-order valence-electron chi connectivity index (χ2n) is 6.11. The summed E-state index contributed by atoms with van der Waals surface area (Å²) in [5.41, 5.74) is 1.56. The van der Waals surface area contributed by atoms with Crippen LogP contribution in [0.5, 0.6) is 0 Å². The van der Waals surface area contributed by atoms with E-state index in [1.165, 1.54) is 47.7 Å². The van der Waals surface area contributed by atoms with E-state index in [0.717, 1.165) is 0 Å². The fraction of sp³-hybridized carbons (Fsp3) is 0.188. The van der Waals surface area contributed by atoms with Gasteiger partial charge in [-0.2, -0.15) is 0 Å². The smallest absolute Gasteiger partial charge is 0.326 e. The molecule has 0 bridgehead atoms. The molecule has 0 saturated carbocycles. The molecule has 1 unspecified atom stereocenters. The Morgan fingerprint density at radius 1 is 1.28 bits per heavy atom. The zero-order valence-corrected chi connectivity index (χ0v) is 15.7. The summed E-state index contributed by atoms with van der Waals surface area (Å²) in [5, 5.41) is 24.5. The minimum Gasteiger partial charge on any atom is -0.480 e. The number of aromatic amines is 1. The summed E-state index contributed by atoms with van der Waals surface area (Å²) in [5.74, 6) is -1.74. The molecule has 152 valence electrons. The lowest BCUT2D eigenvalue weighted by atomic mass is 10.1. The molecule has 13 heteroatoms. The first kappa shape index (κ1) is 20.2. The predicted molar refractivity (Wildman–Crippen MR) is 98.7 cm³/mol. The summed E-state index contributed by atoms with van der Waals surface area (Å²) in [6.07, 6.45) is 4.44. The lowest BCUT2D eigenvalue weighted by Gasteiger charge is -2.13. The summed E-state index contributed by atoms with van der Waals surface area (Å²) in [6.45, 7) is -0.241. The molecule has 1 atom stereocenters. The summed E-state index contributed by atoms with van der Waals surface area (Å²) < 4.78 is 23.8. The molecule has 1 amide bonds. The van der Waals surface area contributed by atoms with E-state index in [0.29, 0.717) is 17.0 Å². The highest BCUT2D eigenvalue weighted by molar-refractivity contribution is 7.89. The number of benzene rings is 1. The number of sulfonamides is 1. The summed E-state index contributed by atoms with van der Waals surface area (Å²) in [7, 11) is -3.80. The summed E-state index contributed by atoms with van der Waals surface area (Å²) in [4.78, 5) is 30.1. The molecule has 2 heterocycles. The zero-order valence-electron chi connectivity index (χ0n) is 14.9. The third-order valence-corrected chi connectivity index (χ3v) is 4.86. The van der Waals surface area contributed by atoms with Crippen molar-refractivity contribution >= 4 is 21.9 Å². The van der Waals surface area contributed by atoms with Crippen molar-refractivity contribution in [2.45, 2.75) is 23.9 Å². The highest BCUT2D eigenvalue weighted by atomic mass is 32.2. The van der Waals surface area contributed by atoms with Crippen LogP contribution in [0.2, 0.25) is 0 Å². The van der Waals surface area contributed by atoms with Gasteiger partial charge in [0.2, 0.25) is 15.9 Å². The first-order valence-electron chi connectivity index (χ1n) is 8.25. The minimum atomic E-state index is -3.80. The lowest BCUT2D eigenvalue weighted by Crippen LogP contribution is -2.43. The fourth-order valence-corrected chi connectivity index (χ4v) is 3.04. The third kappa shape index (κ3) is 5.24. The van der Waals surface area contributed by atoms with E-state index in [1.54, 1.807) is 0 Å². The predicted octanol–water partition coefficient (Wildman–Crippen LogP) is -0.872. The number of carbonyl (C=O) groups is 2. The molecular formula is C16H17N7O5S. The van der Waals surface area contributed by atoms with Crippen molar-refractivity contribution in [3.8, 4) is 11.3 Å². The number of H-pyrrole nitrogens is 1. The van der Waals surface area contributed by atoms with Gasteiger partial charge in [-0.1, -0.05) is 17.3 Å². The quantitative estimate of drug-likeness (QED) is 0.362. The SMILES string of the molecule is NS(=O)(=O)c1ccc(-c2cn(CC(=O)NC(Cc3cnc[nH]3)C(=O)O)nn2)cc1. The summed E-state index contributed by atoms with van der Waals surface area (Å²) in [6, 6.07) is 4.57. The average molecular weight is 419 g/mol. The maximum absolute atomic E-state index is 12.2. The number of primary sulfonamides is 1. The van der Waals surface area contributed by atoms with Gasteiger partial charge in [0.05, 0.1) is 17.4 Å². The topological polar surface area (TPSA) is 186 Å². The Morgan fingerprint density at radius 2 is 2.00 bits per heavy atom. The molecule has 0 aliphatic carbocycles. The van der Waals surface area contributed by atoms with E-state index >= 15 is 0 Å². The molecule has 0 fully saturated rings. The Hall–Kier alpha value is -3.58. The van der Waals surface area contributed by atoms with Crippen LogP contribution in [0.25, 0.3) is 11.3 Å². The molecule has 0 aliphatic rings.